The molecule has 0 atom stereocenters. The van der Waals surface area contributed by atoms with Crippen molar-refractivity contribution in [3.05, 3.63) is 70.0 Å². The molecule has 1 aromatic heterocycles. The van der Waals surface area contributed by atoms with Crippen molar-refractivity contribution in [1.82, 2.24) is 30.1 Å². The summed E-state index contributed by atoms with van der Waals surface area (Å²) in [7, 11) is 2.16. The first-order chi connectivity index (χ1) is 15.1. The van der Waals surface area contributed by atoms with E-state index in [4.69, 9.17) is 0 Å². The van der Waals surface area contributed by atoms with Crippen molar-refractivity contribution in [2.75, 3.05) is 33.2 Å². The van der Waals surface area contributed by atoms with Crippen LogP contribution in [-0.4, -0.2) is 63.9 Å². The van der Waals surface area contributed by atoms with Gasteiger partial charge in [-0.15, -0.1) is 5.10 Å². The fourth-order valence-corrected chi connectivity index (χ4v) is 3.77. The maximum atomic E-state index is 12.5. The number of benzene rings is 2. The van der Waals surface area contributed by atoms with E-state index in [0.29, 0.717) is 17.4 Å². The van der Waals surface area contributed by atoms with Gasteiger partial charge >= 0.3 is 0 Å². The Labute approximate surface area is 181 Å². The number of amides is 1. The van der Waals surface area contributed by atoms with E-state index in [-0.39, 0.29) is 24.4 Å². The zero-order valence-corrected chi connectivity index (χ0v) is 17.8. The number of carbonyl (C=O) groups excluding carboxylic acids is 1. The second-order valence-corrected chi connectivity index (χ2v) is 8.06. The average molecular weight is 421 g/mol. The van der Waals surface area contributed by atoms with Crippen molar-refractivity contribution in [3.8, 4) is 0 Å². The van der Waals surface area contributed by atoms with Gasteiger partial charge in [0.1, 0.15) is 5.52 Å². The molecule has 1 amide bonds. The number of nitrogens with zero attached hydrogens (tertiary/aromatic N) is 5. The quantitative estimate of drug-likeness (QED) is 0.619. The number of aryl methyl sites for hydroxylation is 1. The summed E-state index contributed by atoms with van der Waals surface area (Å²) >= 11 is 0. The fourth-order valence-electron chi connectivity index (χ4n) is 3.77. The Morgan fingerprint density at radius 1 is 1.03 bits per heavy atom. The molecular weight excluding hydrogens is 392 g/mol. The van der Waals surface area contributed by atoms with Crippen LogP contribution in [0.2, 0.25) is 0 Å². The molecule has 2 heterocycles. The molecule has 1 aliphatic rings. The van der Waals surface area contributed by atoms with E-state index in [0.717, 1.165) is 38.3 Å². The van der Waals surface area contributed by atoms with Crippen molar-refractivity contribution in [1.29, 1.82) is 0 Å². The van der Waals surface area contributed by atoms with E-state index in [1.807, 2.05) is 18.2 Å². The third kappa shape index (κ3) is 5.53. The Hall–Kier alpha value is -3.10. The number of nitrogens with one attached hydrogen (secondary N) is 1. The Morgan fingerprint density at radius 2 is 1.81 bits per heavy atom. The number of carbonyl (C=O) groups is 1. The highest BCUT2D eigenvalue weighted by atomic mass is 16.2. The van der Waals surface area contributed by atoms with Gasteiger partial charge < -0.3 is 10.2 Å². The summed E-state index contributed by atoms with van der Waals surface area (Å²) in [5.74, 6) is -0.119. The van der Waals surface area contributed by atoms with Crippen LogP contribution in [0.5, 0.6) is 0 Å². The smallest absolute Gasteiger partial charge is 0.277 e. The van der Waals surface area contributed by atoms with Crippen LogP contribution in [0.25, 0.3) is 10.9 Å². The van der Waals surface area contributed by atoms with Gasteiger partial charge in [-0.2, -0.15) is 0 Å². The summed E-state index contributed by atoms with van der Waals surface area (Å²) in [6.45, 7) is 5.95. The molecule has 2 aromatic carbocycles. The summed E-state index contributed by atoms with van der Waals surface area (Å²) in [6, 6.07) is 15.4. The van der Waals surface area contributed by atoms with Gasteiger partial charge in [-0.3, -0.25) is 14.5 Å². The molecule has 4 rings (SSSR count). The predicted molar refractivity (Wildman–Crippen MR) is 119 cm³/mol. The lowest BCUT2D eigenvalue weighted by atomic mass is 10.1. The molecule has 0 bridgehead atoms. The minimum absolute atomic E-state index is 0.119. The lowest BCUT2D eigenvalue weighted by Gasteiger charge is -2.32. The minimum Gasteiger partial charge on any atom is -0.352 e. The van der Waals surface area contributed by atoms with E-state index in [2.05, 4.69) is 44.6 Å². The second-order valence-electron chi connectivity index (χ2n) is 8.06. The molecule has 1 saturated heterocycles. The normalized spacial score (nSPS) is 15.3. The minimum atomic E-state index is -0.227. The molecule has 1 fully saturated rings. The second kappa shape index (κ2) is 9.80. The first-order valence-corrected chi connectivity index (χ1v) is 10.7. The Balaban J connectivity index is 1.28. The molecule has 31 heavy (non-hydrogen) atoms. The highest BCUT2D eigenvalue weighted by molar-refractivity contribution is 5.77. The molecule has 1 N–H and O–H groups in total. The number of fused-ring (bicyclic) bond motifs is 1. The number of rotatable bonds is 7. The average Bonchev–Trinajstić information content (AvgIpc) is 2.79. The van der Waals surface area contributed by atoms with Crippen LogP contribution in [0.15, 0.2) is 53.3 Å². The lowest BCUT2D eigenvalue weighted by Crippen LogP contribution is -2.43. The largest absolute Gasteiger partial charge is 0.352 e. The van der Waals surface area contributed by atoms with Crippen molar-refractivity contribution >= 4 is 16.8 Å². The third-order valence-electron chi connectivity index (χ3n) is 5.66. The molecule has 0 saturated carbocycles. The number of piperazine rings is 1. The van der Waals surface area contributed by atoms with Crippen LogP contribution in [0, 0.1) is 0 Å². The summed E-state index contributed by atoms with van der Waals surface area (Å²) in [5.41, 5.74) is 2.66. The zero-order valence-electron chi connectivity index (χ0n) is 17.8. The van der Waals surface area contributed by atoms with E-state index < -0.39 is 0 Å². The molecule has 0 radical (unpaired) electrons. The summed E-state index contributed by atoms with van der Waals surface area (Å²) in [4.78, 5) is 29.6. The van der Waals surface area contributed by atoms with E-state index in [9.17, 15) is 9.59 Å². The van der Waals surface area contributed by atoms with Gasteiger partial charge in [0, 0.05) is 45.7 Å². The van der Waals surface area contributed by atoms with Gasteiger partial charge in [-0.1, -0.05) is 41.6 Å². The van der Waals surface area contributed by atoms with Crippen molar-refractivity contribution in [2.45, 2.75) is 26.1 Å². The standard InChI is InChI=1S/C23H28N6O2/c1-27-11-13-28(14-12-27)17-19-6-4-5-18(15-19)16-24-22(30)9-10-29-23(31)20-7-2-3-8-21(20)25-26-29/h2-8,15H,9-14,16-17H2,1H3,(H,24,30). The van der Waals surface area contributed by atoms with Gasteiger partial charge in [0.25, 0.3) is 5.56 Å². The van der Waals surface area contributed by atoms with Crippen LogP contribution in [-0.2, 0) is 24.4 Å². The van der Waals surface area contributed by atoms with Gasteiger partial charge in [-0.25, -0.2) is 4.68 Å². The summed E-state index contributed by atoms with van der Waals surface area (Å²) in [5, 5.41) is 11.4. The number of likely N-dealkylation sites (N-methyl/N-ethyl adjacent to an activating group) is 1. The van der Waals surface area contributed by atoms with Crippen LogP contribution in [0.3, 0.4) is 0 Å². The van der Waals surface area contributed by atoms with Crippen molar-refractivity contribution < 1.29 is 4.79 Å². The maximum absolute atomic E-state index is 12.5. The topological polar surface area (TPSA) is 83.4 Å². The maximum Gasteiger partial charge on any atom is 0.277 e. The van der Waals surface area contributed by atoms with E-state index in [1.165, 1.54) is 10.2 Å². The zero-order chi connectivity index (χ0) is 21.6. The third-order valence-corrected chi connectivity index (χ3v) is 5.66. The Morgan fingerprint density at radius 3 is 2.65 bits per heavy atom. The predicted octanol–water partition coefficient (Wildman–Crippen LogP) is 1.25. The summed E-state index contributed by atoms with van der Waals surface area (Å²) < 4.78 is 1.25. The first-order valence-electron chi connectivity index (χ1n) is 10.7. The first kappa shape index (κ1) is 21.1. The van der Waals surface area contributed by atoms with Crippen LogP contribution in [0.4, 0.5) is 0 Å². The SMILES string of the molecule is CN1CCN(Cc2cccc(CNC(=O)CCn3nnc4ccccc4c3=O)c2)CC1. The van der Waals surface area contributed by atoms with E-state index in [1.54, 1.807) is 18.2 Å². The molecule has 0 spiro atoms. The van der Waals surface area contributed by atoms with Crippen LogP contribution in [0.1, 0.15) is 17.5 Å². The molecule has 0 unspecified atom stereocenters. The lowest BCUT2D eigenvalue weighted by molar-refractivity contribution is -0.121. The highest BCUT2D eigenvalue weighted by Crippen LogP contribution is 2.10. The summed E-state index contributed by atoms with van der Waals surface area (Å²) in [6.07, 6.45) is 0.175. The molecule has 0 aliphatic carbocycles. The molecule has 8 heteroatoms. The molecular formula is C23H28N6O2. The highest BCUT2D eigenvalue weighted by Gasteiger charge is 2.14. The Kier molecular flexibility index (Phi) is 6.69. The molecule has 162 valence electrons. The van der Waals surface area contributed by atoms with Gasteiger partial charge in [0.05, 0.1) is 11.9 Å². The number of hydrogen-bond donors (Lipinski definition) is 1. The molecule has 1 aliphatic heterocycles. The van der Waals surface area contributed by atoms with Crippen molar-refractivity contribution in [3.63, 3.8) is 0 Å². The van der Waals surface area contributed by atoms with E-state index >= 15 is 0 Å². The number of hydrogen-bond acceptors (Lipinski definition) is 6. The van der Waals surface area contributed by atoms with Crippen LogP contribution < -0.4 is 10.9 Å². The van der Waals surface area contributed by atoms with Gasteiger partial charge in [0.15, 0.2) is 0 Å². The molecule has 3 aromatic rings. The number of aromatic nitrogens is 3. The molecule has 8 nitrogen and oxygen atoms in total. The van der Waals surface area contributed by atoms with Crippen molar-refractivity contribution in [2.24, 2.45) is 0 Å². The van der Waals surface area contributed by atoms with Gasteiger partial charge in [-0.05, 0) is 30.3 Å². The van der Waals surface area contributed by atoms with Gasteiger partial charge in [0.2, 0.25) is 5.91 Å². The monoisotopic (exact) mass is 420 g/mol. The fraction of sp³-hybridized carbons (Fsp3) is 0.391. The van der Waals surface area contributed by atoms with Crippen LogP contribution >= 0.6 is 0 Å². The Bertz CT molecular complexity index is 1100.